The Labute approximate surface area is 204 Å². The molecule has 0 saturated carbocycles. The summed E-state index contributed by atoms with van der Waals surface area (Å²) in [4.78, 5) is 6.23. The summed E-state index contributed by atoms with van der Waals surface area (Å²) in [5.74, 6) is 4.81. The van der Waals surface area contributed by atoms with Crippen LogP contribution in [0.3, 0.4) is 0 Å². The van der Waals surface area contributed by atoms with Crippen molar-refractivity contribution in [2.45, 2.75) is 24.6 Å². The van der Waals surface area contributed by atoms with Crippen molar-refractivity contribution in [3.8, 4) is 36.8 Å². The molecular formula is C25H28F4N6. The zero-order valence-electron chi connectivity index (χ0n) is 19.3. The highest BCUT2D eigenvalue weighted by Gasteiger charge is 2.48. The standard InChI is InChI=1S/C15H17N3.C10H11F4N3/c1-2-9-18-12-11-17(10-8-16)13-15(18)14-6-4-3-5-7-14;1-2-4-16-7-9(11)17(5-3-15)6-8(16)10(12,13)14/h1,3-7,15H,9-13H2;1,8-9H,4-7H2. The maximum atomic E-state index is 13.5. The summed E-state index contributed by atoms with van der Waals surface area (Å²) >= 11 is 0. The zero-order chi connectivity index (χ0) is 25.8. The fourth-order valence-corrected chi connectivity index (χ4v) is 4.16. The van der Waals surface area contributed by atoms with Gasteiger partial charge in [-0.25, -0.2) is 4.39 Å². The molecule has 0 radical (unpaired) electrons. The molecule has 3 unspecified atom stereocenters. The van der Waals surface area contributed by atoms with Crippen LogP contribution in [0.25, 0.3) is 0 Å². The van der Waals surface area contributed by atoms with Crippen molar-refractivity contribution in [3.05, 3.63) is 35.9 Å². The average Bonchev–Trinajstić information content (AvgIpc) is 2.82. The third kappa shape index (κ3) is 8.25. The Morgan fingerprint density at radius 3 is 2.03 bits per heavy atom. The van der Waals surface area contributed by atoms with Crippen LogP contribution >= 0.6 is 0 Å². The number of piperazine rings is 2. The minimum atomic E-state index is -4.48. The van der Waals surface area contributed by atoms with Crippen LogP contribution < -0.4 is 0 Å². The van der Waals surface area contributed by atoms with Gasteiger partial charge in [0.1, 0.15) is 6.04 Å². The summed E-state index contributed by atoms with van der Waals surface area (Å²) in [7, 11) is 0. The van der Waals surface area contributed by atoms with E-state index >= 15 is 0 Å². The number of hydrogen-bond donors (Lipinski definition) is 0. The van der Waals surface area contributed by atoms with Crippen molar-refractivity contribution in [2.75, 3.05) is 58.9 Å². The van der Waals surface area contributed by atoms with Gasteiger partial charge in [-0.1, -0.05) is 42.2 Å². The molecule has 0 spiro atoms. The molecule has 2 heterocycles. The van der Waals surface area contributed by atoms with Crippen molar-refractivity contribution in [2.24, 2.45) is 0 Å². The number of nitriles is 2. The van der Waals surface area contributed by atoms with E-state index in [1.165, 1.54) is 5.56 Å². The molecule has 6 nitrogen and oxygen atoms in total. The first-order valence-electron chi connectivity index (χ1n) is 11.1. The average molecular weight is 489 g/mol. The molecular weight excluding hydrogens is 460 g/mol. The highest BCUT2D eigenvalue weighted by molar-refractivity contribution is 5.20. The summed E-state index contributed by atoms with van der Waals surface area (Å²) in [6.45, 7) is 2.25. The molecule has 3 atom stereocenters. The van der Waals surface area contributed by atoms with E-state index in [0.29, 0.717) is 19.1 Å². The molecule has 1 aromatic rings. The zero-order valence-corrected chi connectivity index (χ0v) is 19.3. The van der Waals surface area contributed by atoms with Crippen LogP contribution in [0.5, 0.6) is 0 Å². The van der Waals surface area contributed by atoms with Crippen LogP contribution in [0, 0.1) is 47.3 Å². The number of hydrogen-bond acceptors (Lipinski definition) is 6. The van der Waals surface area contributed by atoms with E-state index in [-0.39, 0.29) is 13.1 Å². The second-order valence-electron chi connectivity index (χ2n) is 8.21. The lowest BCUT2D eigenvalue weighted by molar-refractivity contribution is -0.206. The number of halogens is 4. The summed E-state index contributed by atoms with van der Waals surface area (Å²) in [6.07, 6.45) is 4.31. The van der Waals surface area contributed by atoms with E-state index in [1.807, 2.05) is 18.2 Å². The SMILES string of the molecule is C#CCN1CC(F)N(CC#N)CC1C(F)(F)F.C#CCN1CCN(CC#N)CC1c1ccccc1. The van der Waals surface area contributed by atoms with E-state index in [9.17, 15) is 17.6 Å². The molecule has 0 amide bonds. The van der Waals surface area contributed by atoms with Gasteiger partial charge in [0.25, 0.3) is 0 Å². The molecule has 10 heteroatoms. The lowest BCUT2D eigenvalue weighted by atomic mass is 10.0. The third-order valence-electron chi connectivity index (χ3n) is 5.92. The minimum Gasteiger partial charge on any atom is -0.287 e. The Kier molecular flexibility index (Phi) is 11.0. The highest BCUT2D eigenvalue weighted by Crippen LogP contribution is 2.29. The van der Waals surface area contributed by atoms with Crippen molar-refractivity contribution in [1.29, 1.82) is 10.5 Å². The van der Waals surface area contributed by atoms with E-state index in [1.54, 1.807) is 6.07 Å². The first kappa shape index (κ1) is 28.1. The quantitative estimate of drug-likeness (QED) is 0.275. The molecule has 0 bridgehead atoms. The molecule has 186 valence electrons. The van der Waals surface area contributed by atoms with Gasteiger partial charge in [0.2, 0.25) is 0 Å². The molecule has 2 saturated heterocycles. The van der Waals surface area contributed by atoms with Crippen LogP contribution in [-0.2, 0) is 0 Å². The topological polar surface area (TPSA) is 60.5 Å². The van der Waals surface area contributed by atoms with Crippen molar-refractivity contribution in [3.63, 3.8) is 0 Å². The largest absolute Gasteiger partial charge is 0.405 e. The Bertz CT molecular complexity index is 956. The van der Waals surface area contributed by atoms with Gasteiger partial charge in [-0.2, -0.15) is 23.7 Å². The summed E-state index contributed by atoms with van der Waals surface area (Å²) in [6, 6.07) is 12.7. The van der Waals surface area contributed by atoms with E-state index in [0.717, 1.165) is 29.4 Å². The molecule has 3 rings (SSSR count). The Balaban J connectivity index is 0.000000247. The smallest absolute Gasteiger partial charge is 0.287 e. The second kappa shape index (κ2) is 13.7. The summed E-state index contributed by atoms with van der Waals surface area (Å²) in [5, 5.41) is 17.2. The number of benzene rings is 1. The first-order chi connectivity index (χ1) is 16.7. The van der Waals surface area contributed by atoms with Gasteiger partial charge in [-0.3, -0.25) is 19.6 Å². The highest BCUT2D eigenvalue weighted by atomic mass is 19.4. The van der Waals surface area contributed by atoms with Gasteiger partial charge in [0.05, 0.1) is 38.3 Å². The summed E-state index contributed by atoms with van der Waals surface area (Å²) < 4.78 is 51.6. The Hall–Kier alpha value is -3.12. The van der Waals surface area contributed by atoms with Crippen molar-refractivity contribution in [1.82, 2.24) is 19.6 Å². The Morgan fingerprint density at radius 2 is 1.46 bits per heavy atom. The lowest BCUT2D eigenvalue weighted by Crippen LogP contribution is -2.61. The van der Waals surface area contributed by atoms with E-state index in [4.69, 9.17) is 23.4 Å². The van der Waals surface area contributed by atoms with Crippen LogP contribution in [0.1, 0.15) is 11.6 Å². The molecule has 0 N–H and O–H groups in total. The number of nitrogens with zero attached hydrogens (tertiary/aromatic N) is 6. The fraction of sp³-hybridized carbons (Fsp3) is 0.520. The van der Waals surface area contributed by atoms with Crippen molar-refractivity contribution >= 4 is 0 Å². The van der Waals surface area contributed by atoms with Gasteiger partial charge >= 0.3 is 6.18 Å². The fourth-order valence-electron chi connectivity index (χ4n) is 4.16. The molecule has 0 aliphatic carbocycles. The minimum absolute atomic E-state index is 0.259. The number of alkyl halides is 4. The van der Waals surface area contributed by atoms with E-state index < -0.39 is 31.6 Å². The van der Waals surface area contributed by atoms with Crippen LogP contribution in [0.2, 0.25) is 0 Å². The van der Waals surface area contributed by atoms with Gasteiger partial charge in [0.15, 0.2) is 6.30 Å². The Morgan fingerprint density at radius 1 is 0.829 bits per heavy atom. The third-order valence-corrected chi connectivity index (χ3v) is 5.92. The van der Waals surface area contributed by atoms with Gasteiger partial charge in [0, 0.05) is 38.8 Å². The van der Waals surface area contributed by atoms with Gasteiger partial charge in [-0.15, -0.1) is 12.8 Å². The van der Waals surface area contributed by atoms with Crippen LogP contribution in [-0.4, -0.2) is 97.0 Å². The van der Waals surface area contributed by atoms with Crippen molar-refractivity contribution < 1.29 is 17.6 Å². The lowest BCUT2D eigenvalue weighted by Gasteiger charge is -2.42. The van der Waals surface area contributed by atoms with Crippen LogP contribution in [0.15, 0.2) is 30.3 Å². The molecule has 1 aromatic carbocycles. The first-order valence-corrected chi connectivity index (χ1v) is 11.1. The monoisotopic (exact) mass is 488 g/mol. The second-order valence-corrected chi connectivity index (χ2v) is 8.21. The maximum absolute atomic E-state index is 13.5. The number of terminal acetylenes is 2. The molecule has 0 aromatic heterocycles. The maximum Gasteiger partial charge on any atom is 0.405 e. The normalized spacial score (nSPS) is 24.2. The molecule has 35 heavy (non-hydrogen) atoms. The molecule has 2 aliphatic rings. The predicted octanol–water partition coefficient (Wildman–Crippen LogP) is 2.49. The van der Waals surface area contributed by atoms with E-state index in [2.05, 4.69) is 39.8 Å². The summed E-state index contributed by atoms with van der Waals surface area (Å²) in [5.41, 5.74) is 1.27. The number of rotatable bonds is 5. The molecule has 2 aliphatic heterocycles. The van der Waals surface area contributed by atoms with Gasteiger partial charge < -0.3 is 0 Å². The molecule has 2 fully saturated rings. The predicted molar refractivity (Wildman–Crippen MR) is 124 cm³/mol. The van der Waals surface area contributed by atoms with Crippen LogP contribution in [0.4, 0.5) is 17.6 Å². The van der Waals surface area contributed by atoms with Gasteiger partial charge in [-0.05, 0) is 5.56 Å².